The van der Waals surface area contributed by atoms with Gasteiger partial charge < -0.3 is 18.1 Å². The highest BCUT2D eigenvalue weighted by Gasteiger charge is 2.52. The van der Waals surface area contributed by atoms with E-state index >= 15 is 0 Å². The minimum atomic E-state index is -0.467. The minimum Gasteiger partial charge on any atom is -0.456 e. The second-order valence-electron chi connectivity index (χ2n) is 12.3. The van der Waals surface area contributed by atoms with Crippen molar-refractivity contribution in [3.63, 3.8) is 0 Å². The highest BCUT2D eigenvalue weighted by molar-refractivity contribution is 7.26. The smallest absolute Gasteiger partial charge is 0.456 e. The van der Waals surface area contributed by atoms with E-state index in [0.29, 0.717) is 0 Å². The summed E-state index contributed by atoms with van der Waals surface area (Å²) >= 11 is 1.81. The largest absolute Gasteiger partial charge is 0.495 e. The average molecular weight is 566 g/mol. The first kappa shape index (κ1) is 24.5. The summed E-state index contributed by atoms with van der Waals surface area (Å²) in [7, 11) is -0.467. The first-order chi connectivity index (χ1) is 20.3. The molecular formula is C36H27BO4S. The van der Waals surface area contributed by atoms with E-state index < -0.39 is 18.3 Å². The Balaban J connectivity index is 1.31. The normalized spacial score (nSPS) is 16.7. The number of furan rings is 2. The maximum atomic E-state index is 6.62. The van der Waals surface area contributed by atoms with Crippen LogP contribution < -0.4 is 5.46 Å². The van der Waals surface area contributed by atoms with E-state index in [0.717, 1.165) is 60.5 Å². The van der Waals surface area contributed by atoms with Crippen LogP contribution in [0.2, 0.25) is 0 Å². The summed E-state index contributed by atoms with van der Waals surface area (Å²) in [6.07, 6.45) is 0. The summed E-state index contributed by atoms with van der Waals surface area (Å²) in [5.41, 5.74) is 5.92. The van der Waals surface area contributed by atoms with Crippen LogP contribution in [-0.4, -0.2) is 18.3 Å². The van der Waals surface area contributed by atoms with E-state index in [1.54, 1.807) is 0 Å². The van der Waals surface area contributed by atoms with Crippen LogP contribution in [0, 0.1) is 0 Å². The lowest BCUT2D eigenvalue weighted by Gasteiger charge is -2.32. The monoisotopic (exact) mass is 566 g/mol. The molecule has 1 aliphatic rings. The van der Waals surface area contributed by atoms with Gasteiger partial charge in [-0.1, -0.05) is 48.5 Å². The summed E-state index contributed by atoms with van der Waals surface area (Å²) in [6, 6.07) is 31.9. The van der Waals surface area contributed by atoms with E-state index in [9.17, 15) is 0 Å². The molecule has 0 atom stereocenters. The maximum Gasteiger partial charge on any atom is 0.495 e. The second-order valence-corrected chi connectivity index (χ2v) is 13.4. The van der Waals surface area contributed by atoms with E-state index in [-0.39, 0.29) is 0 Å². The van der Waals surface area contributed by atoms with Gasteiger partial charge in [0.15, 0.2) is 0 Å². The number of benzene rings is 5. The minimum absolute atomic E-state index is 0.431. The van der Waals surface area contributed by atoms with Gasteiger partial charge in [-0.15, -0.1) is 11.3 Å². The number of rotatable bonds is 2. The molecule has 42 heavy (non-hydrogen) atoms. The van der Waals surface area contributed by atoms with Gasteiger partial charge in [0.2, 0.25) is 0 Å². The van der Waals surface area contributed by atoms with Gasteiger partial charge in [0.05, 0.1) is 11.2 Å². The Morgan fingerprint density at radius 1 is 0.524 bits per heavy atom. The molecule has 0 unspecified atom stereocenters. The highest BCUT2D eigenvalue weighted by atomic mass is 32.1. The van der Waals surface area contributed by atoms with Crippen molar-refractivity contribution in [3.8, 4) is 11.1 Å². The van der Waals surface area contributed by atoms with Crippen molar-refractivity contribution in [2.45, 2.75) is 38.9 Å². The molecule has 1 fully saturated rings. The lowest BCUT2D eigenvalue weighted by molar-refractivity contribution is 0.00578. The topological polar surface area (TPSA) is 44.7 Å². The van der Waals surface area contributed by atoms with E-state index in [4.69, 9.17) is 18.1 Å². The molecule has 0 N–H and O–H groups in total. The standard InChI is InChI=1S/C36H27BO4S/c1-35(2)36(3,4)41-37(40-35)25-18-21(19-31-32(25)23-10-6-8-12-30(23)42-31)20-13-14-27-24(17-20)34-29(39-27)16-15-28-33(34)22-9-5-7-11-26(22)38-28/h5-19H,1-4H3. The van der Waals surface area contributed by atoms with E-state index in [2.05, 4.69) is 94.4 Å². The first-order valence-electron chi connectivity index (χ1n) is 14.4. The lowest BCUT2D eigenvalue weighted by atomic mass is 9.75. The zero-order valence-electron chi connectivity index (χ0n) is 23.8. The third kappa shape index (κ3) is 3.31. The molecular weight excluding hydrogens is 539 g/mol. The zero-order valence-corrected chi connectivity index (χ0v) is 24.6. The fraction of sp³-hybridized carbons (Fsp3) is 0.167. The predicted octanol–water partition coefficient (Wildman–Crippen LogP) is 9.82. The van der Waals surface area contributed by atoms with Crippen LogP contribution in [0.5, 0.6) is 0 Å². The van der Waals surface area contributed by atoms with Crippen LogP contribution in [0.3, 0.4) is 0 Å². The fourth-order valence-electron chi connectivity index (χ4n) is 6.47. The molecule has 0 radical (unpaired) electrons. The Labute approximate surface area is 246 Å². The van der Waals surface area contributed by atoms with Gasteiger partial charge in [-0.25, -0.2) is 0 Å². The summed E-state index contributed by atoms with van der Waals surface area (Å²) < 4.78 is 28.3. The van der Waals surface area contributed by atoms with Crippen LogP contribution in [0.15, 0.2) is 99.8 Å². The molecule has 0 amide bonds. The van der Waals surface area contributed by atoms with Crippen molar-refractivity contribution < 1.29 is 18.1 Å². The van der Waals surface area contributed by atoms with Gasteiger partial charge in [0, 0.05) is 36.3 Å². The number of hydrogen-bond donors (Lipinski definition) is 0. The molecule has 0 saturated carbocycles. The lowest BCUT2D eigenvalue weighted by Crippen LogP contribution is -2.41. The van der Waals surface area contributed by atoms with Gasteiger partial charge in [-0.3, -0.25) is 0 Å². The molecule has 1 saturated heterocycles. The van der Waals surface area contributed by atoms with Gasteiger partial charge in [0.1, 0.15) is 22.3 Å². The summed E-state index contributed by atoms with van der Waals surface area (Å²) in [5, 5.41) is 6.80. The van der Waals surface area contributed by atoms with Crippen molar-refractivity contribution in [2.24, 2.45) is 0 Å². The molecule has 0 aliphatic carbocycles. The Kier molecular flexibility index (Phi) is 4.82. The Morgan fingerprint density at radius 2 is 1.14 bits per heavy atom. The van der Waals surface area contributed by atoms with Crippen molar-refractivity contribution in [2.75, 3.05) is 0 Å². The first-order valence-corrected chi connectivity index (χ1v) is 15.2. The molecule has 0 bridgehead atoms. The molecule has 9 rings (SSSR count). The van der Waals surface area contributed by atoms with Crippen LogP contribution in [0.4, 0.5) is 0 Å². The predicted molar refractivity (Wildman–Crippen MR) is 175 cm³/mol. The van der Waals surface area contributed by atoms with Gasteiger partial charge in [-0.2, -0.15) is 0 Å². The molecule has 6 heteroatoms. The van der Waals surface area contributed by atoms with E-state index in [1.807, 2.05) is 35.6 Å². The number of fused-ring (bicyclic) bond motifs is 10. The van der Waals surface area contributed by atoms with Crippen molar-refractivity contribution in [1.29, 1.82) is 0 Å². The maximum absolute atomic E-state index is 6.62. The number of hydrogen-bond acceptors (Lipinski definition) is 5. The fourth-order valence-corrected chi connectivity index (χ4v) is 7.65. The summed E-state index contributed by atoms with van der Waals surface area (Å²) in [4.78, 5) is 0. The van der Waals surface area contributed by atoms with Crippen LogP contribution in [0.1, 0.15) is 27.7 Å². The van der Waals surface area contributed by atoms with Crippen LogP contribution >= 0.6 is 11.3 Å². The molecule has 1 aliphatic heterocycles. The average Bonchev–Trinajstić information content (AvgIpc) is 3.70. The molecule has 8 aromatic rings. The molecule has 204 valence electrons. The summed E-state index contributed by atoms with van der Waals surface area (Å²) in [6.45, 7) is 8.44. The van der Waals surface area contributed by atoms with Gasteiger partial charge in [0.25, 0.3) is 0 Å². The number of thiophene rings is 1. The van der Waals surface area contributed by atoms with E-state index in [1.165, 1.54) is 20.2 Å². The quantitative estimate of drug-likeness (QED) is 0.195. The molecule has 4 heterocycles. The van der Waals surface area contributed by atoms with Crippen LogP contribution in [-0.2, 0) is 9.31 Å². The van der Waals surface area contributed by atoms with Crippen molar-refractivity contribution >= 4 is 88.0 Å². The van der Waals surface area contributed by atoms with Crippen molar-refractivity contribution in [1.82, 2.24) is 0 Å². The zero-order chi connectivity index (χ0) is 28.4. The summed E-state index contributed by atoms with van der Waals surface area (Å²) in [5.74, 6) is 0. The third-order valence-corrected chi connectivity index (χ3v) is 10.4. The van der Waals surface area contributed by atoms with Gasteiger partial charge >= 0.3 is 7.12 Å². The Morgan fingerprint density at radius 3 is 1.90 bits per heavy atom. The SMILES string of the molecule is CC1(C)OB(c2cc(-c3ccc4oc5ccc6oc7ccccc7c6c5c4c3)cc3sc4ccccc4c23)OC1(C)C. The van der Waals surface area contributed by atoms with Crippen molar-refractivity contribution in [3.05, 3.63) is 91.0 Å². The molecule has 4 nitrogen and oxygen atoms in total. The Bertz CT molecular complexity index is 2370. The van der Waals surface area contributed by atoms with Crippen LogP contribution in [0.25, 0.3) is 75.2 Å². The molecule has 5 aromatic carbocycles. The molecule has 3 aromatic heterocycles. The third-order valence-electron chi connectivity index (χ3n) is 9.32. The Hall–Kier alpha value is -4.10. The van der Waals surface area contributed by atoms with Gasteiger partial charge in [-0.05, 0) is 92.1 Å². The number of para-hydroxylation sites is 1. The highest BCUT2D eigenvalue weighted by Crippen LogP contribution is 2.43. The molecule has 0 spiro atoms. The second kappa shape index (κ2) is 8.26.